The van der Waals surface area contributed by atoms with Crippen LogP contribution in [0.5, 0.6) is 5.75 Å². The minimum atomic E-state index is -4.00. The van der Waals surface area contributed by atoms with Gasteiger partial charge in [0.15, 0.2) is 39.2 Å². The Hall–Kier alpha value is -4.77. The van der Waals surface area contributed by atoms with Crippen LogP contribution in [-0.2, 0) is 16.5 Å². The minimum Gasteiger partial charge on any atom is -0.491 e. The van der Waals surface area contributed by atoms with Crippen LogP contribution in [0.15, 0.2) is 48.5 Å². The first-order valence-electron chi connectivity index (χ1n) is 18.5. The number of fused-ring (bicyclic) bond motifs is 1. The molecule has 0 unspecified atom stereocenters. The third kappa shape index (κ3) is 13.1. The van der Waals surface area contributed by atoms with Crippen LogP contribution in [-0.4, -0.2) is 108 Å². The van der Waals surface area contributed by atoms with Gasteiger partial charge >= 0.3 is 5.97 Å². The zero-order chi connectivity index (χ0) is 41.0. The highest BCUT2D eigenvalue weighted by Gasteiger charge is 2.24. The van der Waals surface area contributed by atoms with E-state index >= 15 is 0 Å². The fourth-order valence-electron chi connectivity index (χ4n) is 5.97. The number of hydrogen-bond donors (Lipinski definition) is 4. The number of rotatable bonds is 21. The quantitative estimate of drug-likeness (QED) is 0.0267. The van der Waals surface area contributed by atoms with Crippen molar-refractivity contribution in [2.24, 2.45) is 0 Å². The summed E-state index contributed by atoms with van der Waals surface area (Å²) in [6, 6.07) is 14.3. The van der Waals surface area contributed by atoms with Gasteiger partial charge in [0.2, 0.25) is 0 Å². The molecule has 0 aliphatic heterocycles. The van der Waals surface area contributed by atoms with Crippen LogP contribution >= 0.6 is 22.7 Å². The number of nitrogens with zero attached hydrogens (tertiary/aromatic N) is 6. The van der Waals surface area contributed by atoms with Crippen LogP contribution in [0.2, 0.25) is 0 Å². The number of ether oxygens (including phenoxy) is 1. The first-order valence-corrected chi connectivity index (χ1v) is 21.8. The number of anilines is 4. The maximum absolute atomic E-state index is 14.7. The number of para-hydroxylation sites is 1. The Morgan fingerprint density at radius 2 is 1.81 bits per heavy atom. The molecule has 0 spiro atoms. The summed E-state index contributed by atoms with van der Waals surface area (Å²) in [7, 11) is 1.85. The van der Waals surface area contributed by atoms with E-state index in [1.165, 1.54) is 34.8 Å². The molecule has 57 heavy (non-hydrogen) atoms. The van der Waals surface area contributed by atoms with Crippen molar-refractivity contribution >= 4 is 70.9 Å². The number of halogens is 1. The molecule has 2 aromatic carbocycles. The maximum atomic E-state index is 14.7. The predicted molar refractivity (Wildman–Crippen MR) is 223 cm³/mol. The molecule has 0 aliphatic carbocycles. The second kappa shape index (κ2) is 20.1. The summed E-state index contributed by atoms with van der Waals surface area (Å²) >= 11 is 2.78. The number of carboxylic acid groups (broad SMARTS) is 1. The molecule has 0 saturated carbocycles. The Morgan fingerprint density at radius 3 is 2.53 bits per heavy atom. The summed E-state index contributed by atoms with van der Waals surface area (Å²) in [5.74, 6) is 5.00. The number of hydrogen-bond acceptors (Lipinski definition) is 13. The highest BCUT2D eigenvalue weighted by atomic mass is 32.2. The minimum absolute atomic E-state index is 0.0570. The van der Waals surface area contributed by atoms with Crippen molar-refractivity contribution < 1.29 is 36.5 Å². The number of aromatic carboxylic acids is 1. The number of quaternary nitrogens is 1. The highest BCUT2D eigenvalue weighted by Crippen LogP contribution is 2.34. The van der Waals surface area contributed by atoms with E-state index in [0.29, 0.717) is 75.7 Å². The number of aromatic nitrogens is 4. The van der Waals surface area contributed by atoms with Crippen molar-refractivity contribution in [1.82, 2.24) is 25.5 Å². The van der Waals surface area contributed by atoms with Crippen molar-refractivity contribution in [3.8, 4) is 17.6 Å². The topological polar surface area (TPSA) is 180 Å². The van der Waals surface area contributed by atoms with Gasteiger partial charge in [0.05, 0.1) is 56.3 Å². The summed E-state index contributed by atoms with van der Waals surface area (Å²) in [6.45, 7) is 4.47. The van der Waals surface area contributed by atoms with E-state index in [2.05, 4.69) is 42.6 Å². The van der Waals surface area contributed by atoms with Crippen molar-refractivity contribution in [2.45, 2.75) is 45.4 Å². The average molecular weight is 840 g/mol. The van der Waals surface area contributed by atoms with Crippen LogP contribution in [0, 0.1) is 24.6 Å². The molecule has 0 bridgehead atoms. The number of nitrogens with one attached hydrogen (secondary N) is 2. The van der Waals surface area contributed by atoms with Gasteiger partial charge in [-0.3, -0.25) is 4.55 Å². The number of thiazole rings is 2. The molecule has 3 aromatic heterocycles. The van der Waals surface area contributed by atoms with E-state index in [1.807, 2.05) is 56.3 Å². The van der Waals surface area contributed by atoms with Gasteiger partial charge in [0.1, 0.15) is 0 Å². The normalized spacial score (nSPS) is 11.7. The lowest BCUT2D eigenvalue weighted by molar-refractivity contribution is -0.890. The maximum Gasteiger partial charge on any atom is 0.355 e. The number of carbonyl (C=O) groups is 1. The van der Waals surface area contributed by atoms with E-state index in [1.54, 1.807) is 13.1 Å². The van der Waals surface area contributed by atoms with E-state index in [9.17, 15) is 22.7 Å². The first kappa shape index (κ1) is 43.4. The third-order valence-electron chi connectivity index (χ3n) is 8.93. The number of carboxylic acids is 1. The van der Waals surface area contributed by atoms with Gasteiger partial charge in [-0.15, -0.1) is 21.5 Å². The van der Waals surface area contributed by atoms with Gasteiger partial charge in [0, 0.05) is 23.4 Å². The molecular formula is C39H48FN8O6S3+. The van der Waals surface area contributed by atoms with Crippen LogP contribution in [0.1, 0.15) is 58.6 Å². The lowest BCUT2D eigenvalue weighted by Gasteiger charge is -2.30. The van der Waals surface area contributed by atoms with Crippen molar-refractivity contribution in [1.29, 1.82) is 0 Å². The molecule has 14 nitrogen and oxygen atoms in total. The van der Waals surface area contributed by atoms with Crippen LogP contribution in [0.25, 0.3) is 10.2 Å². The Kier molecular flexibility index (Phi) is 15.3. The Bertz CT molecular complexity index is 2290. The summed E-state index contributed by atoms with van der Waals surface area (Å²) in [6.07, 6.45) is 3.56. The second-order valence-corrected chi connectivity index (χ2v) is 17.7. The molecule has 0 fully saturated rings. The summed E-state index contributed by atoms with van der Waals surface area (Å²) in [5.41, 5.74) is 2.18. The largest absolute Gasteiger partial charge is 0.491 e. The van der Waals surface area contributed by atoms with Gasteiger partial charge < -0.3 is 29.9 Å². The molecule has 0 radical (unpaired) electrons. The second-order valence-electron chi connectivity index (χ2n) is 14.1. The molecule has 304 valence electrons. The van der Waals surface area contributed by atoms with Gasteiger partial charge in [-0.25, -0.2) is 19.2 Å². The molecule has 5 aromatic rings. The van der Waals surface area contributed by atoms with Crippen molar-refractivity contribution in [3.63, 3.8) is 0 Å². The van der Waals surface area contributed by atoms with Gasteiger partial charge in [-0.2, -0.15) is 8.42 Å². The SMILES string of the molecule is CNCC#Cc1ccc(OCCCc2sc(N(CCCCC[N+](C)(C)CCCS(=O)(=O)O)c3cc(C)c(Nc4nc5ccccc5s4)nn3)nc2C(=O)O)c(F)c1. The van der Waals surface area contributed by atoms with Gasteiger partial charge in [0.25, 0.3) is 10.1 Å². The molecule has 0 amide bonds. The summed E-state index contributed by atoms with van der Waals surface area (Å²) in [4.78, 5) is 24.1. The molecule has 0 saturated heterocycles. The Morgan fingerprint density at radius 1 is 1.02 bits per heavy atom. The zero-order valence-electron chi connectivity index (χ0n) is 32.4. The molecular weight excluding hydrogens is 792 g/mol. The van der Waals surface area contributed by atoms with Gasteiger partial charge in [-0.05, 0) is 88.0 Å². The van der Waals surface area contributed by atoms with E-state index in [0.717, 1.165) is 41.6 Å². The Labute approximate surface area is 340 Å². The van der Waals surface area contributed by atoms with Crippen molar-refractivity contribution in [3.05, 3.63) is 76.0 Å². The van der Waals surface area contributed by atoms with Crippen LogP contribution in [0.3, 0.4) is 0 Å². The third-order valence-corrected chi connectivity index (χ3v) is 11.8. The fraction of sp³-hybridized carbons (Fsp3) is 0.410. The summed E-state index contributed by atoms with van der Waals surface area (Å²) < 4.78 is 53.5. The number of benzene rings is 2. The molecule has 3 heterocycles. The predicted octanol–water partition coefficient (Wildman–Crippen LogP) is 6.68. The monoisotopic (exact) mass is 839 g/mol. The smallest absolute Gasteiger partial charge is 0.355 e. The molecule has 18 heteroatoms. The average Bonchev–Trinajstić information content (AvgIpc) is 3.77. The van der Waals surface area contributed by atoms with E-state index < -0.39 is 21.9 Å². The summed E-state index contributed by atoms with van der Waals surface area (Å²) in [5, 5.41) is 26.6. The molecule has 5 rings (SSSR count). The van der Waals surface area contributed by atoms with Crippen LogP contribution < -0.4 is 20.3 Å². The molecule has 4 N–H and O–H groups in total. The zero-order valence-corrected chi connectivity index (χ0v) is 34.9. The lowest BCUT2D eigenvalue weighted by Crippen LogP contribution is -2.41. The molecule has 0 atom stereocenters. The first-order chi connectivity index (χ1) is 27.2. The van der Waals surface area contributed by atoms with Gasteiger partial charge in [-0.1, -0.05) is 35.3 Å². The fourth-order valence-corrected chi connectivity index (χ4v) is 8.46. The highest BCUT2D eigenvalue weighted by molar-refractivity contribution is 7.85. The van der Waals surface area contributed by atoms with Crippen LogP contribution in [0.4, 0.5) is 26.3 Å². The number of unbranched alkanes of at least 4 members (excludes halogenated alkanes) is 2. The standard InChI is InChI=1S/C39H47FN8O6S3/c1-27-25-34(45-46-36(27)44-38-42-30-14-6-7-15-32(30)55-38)47(20-8-5-9-21-48(3,4)22-12-24-57(51,52)53)39-43-35(37(49)50)33(56-39)16-11-23-54-31-18-17-28(26-29(31)40)13-10-19-41-2/h6-7,14-15,17-18,25-26,41H,5,8-9,11-12,16,19-24H2,1-4H3,(H2-,42,44,46,49,50,51,52,53)/p+1. The molecule has 0 aliphatic rings. The van der Waals surface area contributed by atoms with E-state index in [-0.39, 0.29) is 23.8 Å². The number of aryl methyl sites for hydroxylation is 2. The van der Waals surface area contributed by atoms with E-state index in [4.69, 9.17) is 9.29 Å². The lowest BCUT2D eigenvalue weighted by atomic mass is 10.2. The van der Waals surface area contributed by atoms with Crippen molar-refractivity contribution in [2.75, 3.05) is 69.9 Å². The Balaban J connectivity index is 1.29.